The first-order chi connectivity index (χ1) is 17.5. The molecule has 4 aromatic rings. The summed E-state index contributed by atoms with van der Waals surface area (Å²) < 4.78 is 12.0. The van der Waals surface area contributed by atoms with Gasteiger partial charge in [-0.15, -0.1) is 12.4 Å². The van der Waals surface area contributed by atoms with Gasteiger partial charge >= 0.3 is 5.97 Å². The van der Waals surface area contributed by atoms with Crippen LogP contribution in [0.4, 0.5) is 0 Å². The molecule has 0 saturated carbocycles. The summed E-state index contributed by atoms with van der Waals surface area (Å²) in [7, 11) is 0. The molecule has 192 valence electrons. The fourth-order valence-corrected chi connectivity index (χ4v) is 5.11. The van der Waals surface area contributed by atoms with Crippen LogP contribution in [0.1, 0.15) is 47.6 Å². The van der Waals surface area contributed by atoms with Gasteiger partial charge in [0.15, 0.2) is 6.61 Å². The quantitative estimate of drug-likeness (QED) is 0.273. The summed E-state index contributed by atoms with van der Waals surface area (Å²) in [6.07, 6.45) is 0.806. The number of benzene rings is 4. The van der Waals surface area contributed by atoms with Crippen LogP contribution in [0.2, 0.25) is 0 Å². The molecule has 5 nitrogen and oxygen atoms in total. The molecule has 0 fully saturated rings. The van der Waals surface area contributed by atoms with Crippen LogP contribution in [0.15, 0.2) is 84.9 Å². The Kier molecular flexibility index (Phi) is 8.37. The second kappa shape index (κ2) is 11.7. The van der Waals surface area contributed by atoms with Crippen molar-refractivity contribution in [2.45, 2.75) is 38.3 Å². The highest BCUT2D eigenvalue weighted by Crippen LogP contribution is 2.41. The van der Waals surface area contributed by atoms with Crippen molar-refractivity contribution in [3.8, 4) is 11.5 Å². The highest BCUT2D eigenvalue weighted by molar-refractivity contribution is 5.86. The lowest BCUT2D eigenvalue weighted by atomic mass is 9.83. The maximum Gasteiger partial charge on any atom is 0.341 e. The number of rotatable bonds is 8. The predicted octanol–water partition coefficient (Wildman–Crippen LogP) is 6.67. The summed E-state index contributed by atoms with van der Waals surface area (Å²) in [5.41, 5.74) is 4.44. The molecule has 0 spiro atoms. The normalized spacial score (nSPS) is 17.2. The van der Waals surface area contributed by atoms with E-state index < -0.39 is 5.97 Å². The number of halogens is 1. The van der Waals surface area contributed by atoms with E-state index in [1.807, 2.05) is 37.3 Å². The van der Waals surface area contributed by atoms with Crippen molar-refractivity contribution in [2.75, 3.05) is 13.2 Å². The van der Waals surface area contributed by atoms with Gasteiger partial charge in [0.1, 0.15) is 17.6 Å². The van der Waals surface area contributed by atoms with Crippen LogP contribution in [-0.4, -0.2) is 30.3 Å². The number of para-hydroxylation sites is 1. The van der Waals surface area contributed by atoms with Gasteiger partial charge in [0.25, 0.3) is 0 Å². The Hall–Kier alpha value is -3.54. The molecule has 6 heteroatoms. The summed E-state index contributed by atoms with van der Waals surface area (Å²) in [4.78, 5) is 11.0. The van der Waals surface area contributed by atoms with Crippen LogP contribution in [0.25, 0.3) is 10.8 Å². The van der Waals surface area contributed by atoms with Crippen LogP contribution in [-0.2, 0) is 4.79 Å². The summed E-state index contributed by atoms with van der Waals surface area (Å²) in [6.45, 7) is 4.49. The third-order valence-electron chi connectivity index (χ3n) is 6.99. The zero-order valence-corrected chi connectivity index (χ0v) is 21.8. The van der Waals surface area contributed by atoms with Crippen LogP contribution < -0.4 is 14.8 Å². The van der Waals surface area contributed by atoms with E-state index in [9.17, 15) is 4.79 Å². The number of hydrogen-bond acceptors (Lipinski definition) is 4. The highest BCUT2D eigenvalue weighted by atomic mass is 35.5. The highest BCUT2D eigenvalue weighted by Gasteiger charge is 2.30. The Morgan fingerprint density at radius 3 is 2.65 bits per heavy atom. The van der Waals surface area contributed by atoms with Crippen LogP contribution in [0, 0.1) is 6.92 Å². The Bertz CT molecular complexity index is 1380. The molecule has 1 heterocycles. The van der Waals surface area contributed by atoms with Crippen molar-refractivity contribution < 1.29 is 19.4 Å². The lowest BCUT2D eigenvalue weighted by Crippen LogP contribution is -2.37. The third-order valence-corrected chi connectivity index (χ3v) is 6.99. The number of hydrogen-bond donors (Lipinski definition) is 2. The summed E-state index contributed by atoms with van der Waals surface area (Å²) >= 11 is 0. The van der Waals surface area contributed by atoms with Gasteiger partial charge in [0.2, 0.25) is 0 Å². The predicted molar refractivity (Wildman–Crippen MR) is 149 cm³/mol. The molecule has 0 aliphatic carbocycles. The number of carboxylic acids is 1. The maximum absolute atomic E-state index is 11.0. The molecular formula is C31H32ClNO4. The van der Waals surface area contributed by atoms with E-state index in [-0.39, 0.29) is 37.1 Å². The standard InChI is InChI=1S/C31H31NO4.ClH/c1-20-14-15-23(16-30(20)35-19-31(33)34)28-17-24(36-29-13-6-5-11-27(28)29)18-32-21(2)25-12-7-9-22-8-3-4-10-26(22)25;/h3-16,21,24,28,32H,17-19H2,1-2H3,(H,33,34);1H/t21-,24-,28+;/m1./s1. The SMILES string of the molecule is Cc1ccc([C@@H]2C[C@H](CN[C@H](C)c3cccc4ccccc34)Oc3ccccc32)cc1OCC(=O)O.Cl. The monoisotopic (exact) mass is 517 g/mol. The van der Waals surface area contributed by atoms with Crippen LogP contribution >= 0.6 is 12.4 Å². The minimum absolute atomic E-state index is 0. The first kappa shape index (κ1) is 26.5. The van der Waals surface area contributed by atoms with E-state index in [4.69, 9.17) is 14.6 Å². The largest absolute Gasteiger partial charge is 0.489 e. The maximum atomic E-state index is 11.0. The average Bonchev–Trinajstić information content (AvgIpc) is 2.90. The number of aliphatic carboxylic acids is 1. The van der Waals surface area contributed by atoms with E-state index in [0.717, 1.165) is 28.9 Å². The smallest absolute Gasteiger partial charge is 0.341 e. The fraction of sp³-hybridized carbons (Fsp3) is 0.258. The fourth-order valence-electron chi connectivity index (χ4n) is 5.11. The van der Waals surface area contributed by atoms with Gasteiger partial charge < -0.3 is 19.9 Å². The molecular weight excluding hydrogens is 486 g/mol. The number of nitrogens with one attached hydrogen (secondary N) is 1. The van der Waals surface area contributed by atoms with Gasteiger partial charge in [-0.1, -0.05) is 72.8 Å². The van der Waals surface area contributed by atoms with E-state index in [0.29, 0.717) is 12.3 Å². The van der Waals surface area contributed by atoms with Crippen molar-refractivity contribution in [1.29, 1.82) is 0 Å². The Morgan fingerprint density at radius 2 is 1.81 bits per heavy atom. The molecule has 0 aromatic heterocycles. The molecule has 0 radical (unpaired) electrons. The van der Waals surface area contributed by atoms with Gasteiger partial charge in [-0.2, -0.15) is 0 Å². The third kappa shape index (κ3) is 5.90. The van der Waals surface area contributed by atoms with E-state index in [2.05, 4.69) is 66.8 Å². The number of carboxylic acid groups (broad SMARTS) is 1. The molecule has 1 aliphatic heterocycles. The minimum atomic E-state index is -0.984. The van der Waals surface area contributed by atoms with Gasteiger partial charge in [0, 0.05) is 24.1 Å². The van der Waals surface area contributed by atoms with Gasteiger partial charge in [-0.3, -0.25) is 0 Å². The van der Waals surface area contributed by atoms with Gasteiger partial charge in [-0.05, 0) is 59.9 Å². The molecule has 1 aliphatic rings. The lowest BCUT2D eigenvalue weighted by Gasteiger charge is -2.33. The first-order valence-electron chi connectivity index (χ1n) is 12.4. The van der Waals surface area contributed by atoms with Gasteiger partial charge in [0.05, 0.1) is 0 Å². The average molecular weight is 518 g/mol. The van der Waals surface area contributed by atoms with E-state index in [1.165, 1.54) is 16.3 Å². The second-order valence-electron chi connectivity index (χ2n) is 9.47. The van der Waals surface area contributed by atoms with Crippen molar-refractivity contribution in [1.82, 2.24) is 5.32 Å². The molecule has 2 N–H and O–H groups in total. The van der Waals surface area contributed by atoms with E-state index >= 15 is 0 Å². The topological polar surface area (TPSA) is 67.8 Å². The minimum Gasteiger partial charge on any atom is -0.489 e. The van der Waals surface area contributed by atoms with E-state index in [1.54, 1.807) is 0 Å². The second-order valence-corrected chi connectivity index (χ2v) is 9.47. The Balaban J connectivity index is 0.00000320. The zero-order chi connectivity index (χ0) is 25.1. The lowest BCUT2D eigenvalue weighted by molar-refractivity contribution is -0.139. The molecule has 0 unspecified atom stereocenters. The van der Waals surface area contributed by atoms with Crippen molar-refractivity contribution >= 4 is 29.1 Å². The molecule has 0 amide bonds. The van der Waals surface area contributed by atoms with Crippen LogP contribution in [0.5, 0.6) is 11.5 Å². The van der Waals surface area contributed by atoms with Crippen molar-refractivity contribution in [3.63, 3.8) is 0 Å². The number of ether oxygens (including phenoxy) is 2. The Labute approximate surface area is 223 Å². The Morgan fingerprint density at radius 1 is 1.05 bits per heavy atom. The number of aryl methyl sites for hydroxylation is 1. The molecule has 37 heavy (non-hydrogen) atoms. The molecule has 5 rings (SSSR count). The summed E-state index contributed by atoms with van der Waals surface area (Å²) in [5.74, 6) is 0.648. The number of carbonyl (C=O) groups is 1. The van der Waals surface area contributed by atoms with Crippen molar-refractivity contribution in [3.05, 3.63) is 107 Å². The zero-order valence-electron chi connectivity index (χ0n) is 21.0. The van der Waals surface area contributed by atoms with Crippen LogP contribution in [0.3, 0.4) is 0 Å². The molecule has 4 aromatic carbocycles. The molecule has 0 saturated heterocycles. The summed E-state index contributed by atoms with van der Waals surface area (Å²) in [6, 6.07) is 29.4. The van der Waals surface area contributed by atoms with Crippen molar-refractivity contribution in [2.24, 2.45) is 0 Å². The number of fused-ring (bicyclic) bond motifs is 2. The summed E-state index contributed by atoms with van der Waals surface area (Å²) in [5, 5.41) is 15.3. The molecule has 3 atom stereocenters. The molecule has 0 bridgehead atoms. The van der Waals surface area contributed by atoms with Gasteiger partial charge in [-0.25, -0.2) is 4.79 Å². The first-order valence-corrected chi connectivity index (χ1v) is 12.4.